The first-order chi connectivity index (χ1) is 8.75. The Morgan fingerprint density at radius 1 is 1.50 bits per heavy atom. The Morgan fingerprint density at radius 3 is 3.06 bits per heavy atom. The number of nitrogens with one attached hydrogen (secondary N) is 1. The summed E-state index contributed by atoms with van der Waals surface area (Å²) in [7, 11) is 0. The van der Waals surface area contributed by atoms with Crippen LogP contribution in [0.25, 0.3) is 0 Å². The monoisotopic (exact) mass is 250 g/mol. The lowest BCUT2D eigenvalue weighted by Gasteiger charge is -2.11. The topological polar surface area (TPSA) is 73.6 Å². The lowest BCUT2D eigenvalue weighted by molar-refractivity contribution is -0.121. The van der Waals surface area contributed by atoms with Gasteiger partial charge in [0.15, 0.2) is 0 Å². The Labute approximate surface area is 106 Å². The van der Waals surface area contributed by atoms with Gasteiger partial charge in [0.2, 0.25) is 5.91 Å². The molecule has 5 heteroatoms. The summed E-state index contributed by atoms with van der Waals surface area (Å²) in [6.45, 7) is 1.28. The van der Waals surface area contributed by atoms with E-state index in [9.17, 15) is 4.79 Å². The molecule has 1 aliphatic rings. The van der Waals surface area contributed by atoms with Gasteiger partial charge in [-0.25, -0.2) is 0 Å². The SMILES string of the molecule is Nc1ccccc1NC(=O)COCC1CCCO1. The van der Waals surface area contributed by atoms with Crippen LogP contribution in [-0.2, 0) is 14.3 Å². The molecule has 1 aliphatic heterocycles. The van der Waals surface area contributed by atoms with Gasteiger partial charge in [0.1, 0.15) is 6.61 Å². The lowest BCUT2D eigenvalue weighted by Crippen LogP contribution is -2.22. The Kier molecular flexibility index (Phi) is 4.55. The molecule has 0 spiro atoms. The molecule has 1 amide bonds. The van der Waals surface area contributed by atoms with Gasteiger partial charge in [-0.1, -0.05) is 12.1 Å². The second-order valence-corrected chi connectivity index (χ2v) is 4.29. The Morgan fingerprint density at radius 2 is 2.33 bits per heavy atom. The first-order valence-corrected chi connectivity index (χ1v) is 6.09. The van der Waals surface area contributed by atoms with Crippen LogP contribution in [-0.4, -0.2) is 31.8 Å². The summed E-state index contributed by atoms with van der Waals surface area (Å²) in [5, 5.41) is 2.71. The number of carbonyl (C=O) groups excluding carboxylic acids is 1. The second kappa shape index (κ2) is 6.37. The van der Waals surface area contributed by atoms with Crippen LogP contribution in [0.5, 0.6) is 0 Å². The molecule has 1 fully saturated rings. The fourth-order valence-electron chi connectivity index (χ4n) is 1.86. The van der Waals surface area contributed by atoms with Crippen molar-refractivity contribution in [2.75, 3.05) is 30.9 Å². The maximum Gasteiger partial charge on any atom is 0.250 e. The Hall–Kier alpha value is -1.59. The molecule has 0 bridgehead atoms. The van der Waals surface area contributed by atoms with Gasteiger partial charge < -0.3 is 20.5 Å². The van der Waals surface area contributed by atoms with Crippen molar-refractivity contribution in [2.24, 2.45) is 0 Å². The quantitative estimate of drug-likeness (QED) is 0.775. The van der Waals surface area contributed by atoms with Crippen LogP contribution in [0.15, 0.2) is 24.3 Å². The van der Waals surface area contributed by atoms with Crippen LogP contribution in [0.2, 0.25) is 0 Å². The van der Waals surface area contributed by atoms with E-state index in [-0.39, 0.29) is 18.6 Å². The number of nitrogens with two attached hydrogens (primary N) is 1. The van der Waals surface area contributed by atoms with Crippen LogP contribution >= 0.6 is 0 Å². The molecule has 0 radical (unpaired) electrons. The number of amides is 1. The summed E-state index contributed by atoms with van der Waals surface area (Å²) in [5.41, 5.74) is 6.88. The van der Waals surface area contributed by atoms with E-state index in [1.54, 1.807) is 12.1 Å². The molecule has 1 saturated heterocycles. The van der Waals surface area contributed by atoms with Crippen LogP contribution in [0, 0.1) is 0 Å². The highest BCUT2D eigenvalue weighted by atomic mass is 16.5. The van der Waals surface area contributed by atoms with Gasteiger partial charge in [0.25, 0.3) is 0 Å². The number of hydrogen-bond donors (Lipinski definition) is 2. The third kappa shape index (κ3) is 3.72. The average molecular weight is 250 g/mol. The van der Waals surface area contributed by atoms with Crippen molar-refractivity contribution in [3.8, 4) is 0 Å². The van der Waals surface area contributed by atoms with Gasteiger partial charge in [-0.3, -0.25) is 4.79 Å². The maximum absolute atomic E-state index is 11.6. The van der Waals surface area contributed by atoms with E-state index in [4.69, 9.17) is 15.2 Å². The first-order valence-electron chi connectivity index (χ1n) is 6.09. The fraction of sp³-hybridized carbons (Fsp3) is 0.462. The highest BCUT2D eigenvalue weighted by Crippen LogP contribution is 2.16. The van der Waals surface area contributed by atoms with Crippen molar-refractivity contribution in [3.05, 3.63) is 24.3 Å². The minimum atomic E-state index is -0.203. The molecule has 1 aromatic rings. The largest absolute Gasteiger partial charge is 0.397 e. The molecule has 5 nitrogen and oxygen atoms in total. The average Bonchev–Trinajstić information content (AvgIpc) is 2.85. The smallest absolute Gasteiger partial charge is 0.250 e. The summed E-state index contributed by atoms with van der Waals surface area (Å²) in [4.78, 5) is 11.6. The summed E-state index contributed by atoms with van der Waals surface area (Å²) in [6.07, 6.45) is 2.22. The van der Waals surface area contributed by atoms with E-state index in [1.165, 1.54) is 0 Å². The van der Waals surface area contributed by atoms with E-state index in [2.05, 4.69) is 5.32 Å². The number of rotatable bonds is 5. The third-order valence-corrected chi connectivity index (χ3v) is 2.80. The van der Waals surface area contributed by atoms with Gasteiger partial charge in [0.05, 0.1) is 24.1 Å². The van der Waals surface area contributed by atoms with Crippen LogP contribution in [0.3, 0.4) is 0 Å². The molecule has 1 unspecified atom stereocenters. The summed E-state index contributed by atoms with van der Waals surface area (Å²) in [6, 6.07) is 7.13. The van der Waals surface area contributed by atoms with E-state index < -0.39 is 0 Å². The molecule has 1 heterocycles. The zero-order valence-electron chi connectivity index (χ0n) is 10.2. The number of hydrogen-bond acceptors (Lipinski definition) is 4. The predicted octanol–water partition coefficient (Wildman–Crippen LogP) is 1.40. The molecule has 0 saturated carbocycles. The summed E-state index contributed by atoms with van der Waals surface area (Å²) >= 11 is 0. The number of ether oxygens (including phenoxy) is 2. The fourth-order valence-corrected chi connectivity index (χ4v) is 1.86. The van der Waals surface area contributed by atoms with Crippen molar-refractivity contribution in [2.45, 2.75) is 18.9 Å². The van der Waals surface area contributed by atoms with Crippen molar-refractivity contribution >= 4 is 17.3 Å². The van der Waals surface area contributed by atoms with E-state index in [1.807, 2.05) is 12.1 Å². The molecule has 1 aromatic carbocycles. The zero-order chi connectivity index (χ0) is 12.8. The van der Waals surface area contributed by atoms with Gasteiger partial charge in [0, 0.05) is 6.61 Å². The van der Waals surface area contributed by atoms with E-state index in [0.29, 0.717) is 18.0 Å². The molecule has 18 heavy (non-hydrogen) atoms. The van der Waals surface area contributed by atoms with Gasteiger partial charge >= 0.3 is 0 Å². The van der Waals surface area contributed by atoms with E-state index >= 15 is 0 Å². The predicted molar refractivity (Wildman–Crippen MR) is 69.3 cm³/mol. The molecule has 0 aromatic heterocycles. The second-order valence-electron chi connectivity index (χ2n) is 4.29. The normalized spacial score (nSPS) is 18.8. The summed E-state index contributed by atoms with van der Waals surface area (Å²) < 4.78 is 10.7. The Balaban J connectivity index is 1.70. The molecule has 98 valence electrons. The van der Waals surface area contributed by atoms with Crippen molar-refractivity contribution < 1.29 is 14.3 Å². The number of anilines is 2. The minimum absolute atomic E-state index is 0.0220. The van der Waals surface area contributed by atoms with Gasteiger partial charge in [-0.2, -0.15) is 0 Å². The number of para-hydroxylation sites is 2. The molecule has 3 N–H and O–H groups in total. The molecule has 0 aliphatic carbocycles. The van der Waals surface area contributed by atoms with Crippen LogP contribution < -0.4 is 11.1 Å². The first kappa shape index (κ1) is 12.9. The van der Waals surface area contributed by atoms with Gasteiger partial charge in [-0.05, 0) is 25.0 Å². The van der Waals surface area contributed by atoms with Crippen LogP contribution in [0.1, 0.15) is 12.8 Å². The maximum atomic E-state index is 11.6. The van der Waals surface area contributed by atoms with Crippen molar-refractivity contribution in [3.63, 3.8) is 0 Å². The highest BCUT2D eigenvalue weighted by Gasteiger charge is 2.16. The highest BCUT2D eigenvalue weighted by molar-refractivity contribution is 5.94. The number of carbonyl (C=O) groups is 1. The van der Waals surface area contributed by atoms with Crippen molar-refractivity contribution in [1.29, 1.82) is 0 Å². The molecular formula is C13H18N2O3. The molecule has 2 rings (SSSR count). The van der Waals surface area contributed by atoms with E-state index in [0.717, 1.165) is 19.4 Å². The third-order valence-electron chi connectivity index (χ3n) is 2.80. The molecule has 1 atom stereocenters. The number of nitrogen functional groups attached to an aromatic ring is 1. The molecular weight excluding hydrogens is 232 g/mol. The zero-order valence-corrected chi connectivity index (χ0v) is 10.2. The summed E-state index contributed by atoms with van der Waals surface area (Å²) in [5.74, 6) is -0.203. The number of benzene rings is 1. The minimum Gasteiger partial charge on any atom is -0.397 e. The van der Waals surface area contributed by atoms with Gasteiger partial charge in [-0.15, -0.1) is 0 Å². The standard InChI is InChI=1S/C13H18N2O3/c14-11-5-1-2-6-12(11)15-13(16)9-17-8-10-4-3-7-18-10/h1-2,5-6,10H,3-4,7-9,14H2,(H,15,16). The van der Waals surface area contributed by atoms with Crippen LogP contribution in [0.4, 0.5) is 11.4 Å². The van der Waals surface area contributed by atoms with Crippen molar-refractivity contribution in [1.82, 2.24) is 0 Å². The Bertz CT molecular complexity index is 403. The lowest BCUT2D eigenvalue weighted by atomic mass is 10.2.